The topological polar surface area (TPSA) is 29.1 Å². The van der Waals surface area contributed by atoms with Gasteiger partial charge in [0.05, 0.1) is 6.04 Å². The van der Waals surface area contributed by atoms with Crippen LogP contribution in [-0.2, 0) is 4.79 Å². The van der Waals surface area contributed by atoms with Gasteiger partial charge in [-0.1, -0.05) is 69.3 Å². The van der Waals surface area contributed by atoms with Gasteiger partial charge in [-0.15, -0.1) is 0 Å². The lowest BCUT2D eigenvalue weighted by atomic mass is 9.85. The van der Waals surface area contributed by atoms with Gasteiger partial charge in [-0.2, -0.15) is 0 Å². The van der Waals surface area contributed by atoms with Crippen LogP contribution in [0.3, 0.4) is 0 Å². The van der Waals surface area contributed by atoms with E-state index in [1.54, 1.807) is 0 Å². The summed E-state index contributed by atoms with van der Waals surface area (Å²) in [6.45, 7) is 5.92. The molecule has 2 aromatic rings. The third-order valence-electron chi connectivity index (χ3n) is 3.54. The standard InChI is InChI=1S/C19H23NO/c1-19(2,3)18(21)14-17(15-10-6-4-7-11-15)20-16-12-8-5-9-13-16/h4-13,17,20H,14H2,1-3H3. The maximum atomic E-state index is 12.4. The SMILES string of the molecule is CC(C)(C)C(=O)CC(Nc1ccccc1)c1ccccc1. The summed E-state index contributed by atoms with van der Waals surface area (Å²) in [6, 6.07) is 20.2. The van der Waals surface area contributed by atoms with Crippen molar-refractivity contribution in [3.05, 3.63) is 66.2 Å². The molecule has 0 aliphatic rings. The number of hydrogen-bond donors (Lipinski definition) is 1. The lowest BCUT2D eigenvalue weighted by molar-refractivity contribution is -0.126. The molecule has 0 heterocycles. The number of rotatable bonds is 5. The number of carbonyl (C=O) groups excluding carboxylic acids is 1. The highest BCUT2D eigenvalue weighted by atomic mass is 16.1. The summed E-state index contributed by atoms with van der Waals surface area (Å²) >= 11 is 0. The van der Waals surface area contributed by atoms with E-state index in [2.05, 4.69) is 17.4 Å². The molecular formula is C19H23NO. The predicted molar refractivity (Wildman–Crippen MR) is 88.3 cm³/mol. The van der Waals surface area contributed by atoms with Crippen molar-refractivity contribution in [2.75, 3.05) is 5.32 Å². The van der Waals surface area contributed by atoms with Gasteiger partial charge < -0.3 is 5.32 Å². The molecular weight excluding hydrogens is 258 g/mol. The fourth-order valence-electron chi connectivity index (χ4n) is 2.16. The van der Waals surface area contributed by atoms with E-state index < -0.39 is 0 Å². The van der Waals surface area contributed by atoms with Crippen LogP contribution in [-0.4, -0.2) is 5.78 Å². The molecule has 2 aromatic carbocycles. The van der Waals surface area contributed by atoms with Gasteiger partial charge in [0.1, 0.15) is 5.78 Å². The number of hydrogen-bond acceptors (Lipinski definition) is 2. The van der Waals surface area contributed by atoms with Crippen LogP contribution in [0.5, 0.6) is 0 Å². The van der Waals surface area contributed by atoms with Crippen molar-refractivity contribution >= 4 is 11.5 Å². The van der Waals surface area contributed by atoms with Gasteiger partial charge >= 0.3 is 0 Å². The molecule has 0 aromatic heterocycles. The molecule has 0 radical (unpaired) electrons. The Balaban J connectivity index is 2.21. The van der Waals surface area contributed by atoms with Gasteiger partial charge in [0.15, 0.2) is 0 Å². The Bertz CT molecular complexity index is 570. The number of Topliss-reactive ketones (excluding diaryl/α,β-unsaturated/α-hetero) is 1. The lowest BCUT2D eigenvalue weighted by Crippen LogP contribution is -2.25. The number of ketones is 1. The zero-order valence-corrected chi connectivity index (χ0v) is 13.0. The molecule has 110 valence electrons. The van der Waals surface area contributed by atoms with E-state index in [0.717, 1.165) is 11.3 Å². The number of para-hydroxylation sites is 1. The maximum absolute atomic E-state index is 12.4. The Labute approximate surface area is 127 Å². The van der Waals surface area contributed by atoms with E-state index in [1.807, 2.05) is 69.3 Å². The van der Waals surface area contributed by atoms with Gasteiger partial charge in [0, 0.05) is 17.5 Å². The molecule has 0 saturated carbocycles. The Morgan fingerprint density at radius 2 is 1.48 bits per heavy atom. The smallest absolute Gasteiger partial charge is 0.140 e. The minimum absolute atomic E-state index is 0.000301. The average molecular weight is 281 g/mol. The number of carbonyl (C=O) groups is 1. The average Bonchev–Trinajstić information content (AvgIpc) is 2.47. The van der Waals surface area contributed by atoms with Gasteiger partial charge in [-0.3, -0.25) is 4.79 Å². The molecule has 1 atom stereocenters. The lowest BCUT2D eigenvalue weighted by Gasteiger charge is -2.24. The summed E-state index contributed by atoms with van der Waals surface area (Å²) in [5.74, 6) is 0.264. The van der Waals surface area contributed by atoms with E-state index in [0.29, 0.717) is 6.42 Å². The molecule has 1 unspecified atom stereocenters. The molecule has 2 heteroatoms. The summed E-state index contributed by atoms with van der Waals surface area (Å²) in [4.78, 5) is 12.4. The second kappa shape index (κ2) is 6.57. The van der Waals surface area contributed by atoms with E-state index in [9.17, 15) is 4.79 Å². The second-order valence-electron chi connectivity index (χ2n) is 6.35. The highest BCUT2D eigenvalue weighted by molar-refractivity contribution is 5.84. The molecule has 0 amide bonds. The monoisotopic (exact) mass is 281 g/mol. The van der Waals surface area contributed by atoms with Crippen molar-refractivity contribution in [1.29, 1.82) is 0 Å². The first-order valence-corrected chi connectivity index (χ1v) is 7.36. The first-order chi connectivity index (χ1) is 9.97. The third kappa shape index (κ3) is 4.45. The van der Waals surface area contributed by atoms with E-state index in [-0.39, 0.29) is 17.2 Å². The Morgan fingerprint density at radius 1 is 0.952 bits per heavy atom. The van der Waals surface area contributed by atoms with Crippen molar-refractivity contribution in [2.24, 2.45) is 5.41 Å². The van der Waals surface area contributed by atoms with Crippen molar-refractivity contribution < 1.29 is 4.79 Å². The molecule has 1 N–H and O–H groups in total. The molecule has 2 nitrogen and oxygen atoms in total. The highest BCUT2D eigenvalue weighted by Gasteiger charge is 2.25. The number of nitrogens with one attached hydrogen (secondary N) is 1. The summed E-state index contributed by atoms with van der Waals surface area (Å²) < 4.78 is 0. The zero-order valence-electron chi connectivity index (χ0n) is 13.0. The summed E-state index contributed by atoms with van der Waals surface area (Å²) in [7, 11) is 0. The van der Waals surface area contributed by atoms with Crippen molar-refractivity contribution in [2.45, 2.75) is 33.2 Å². The van der Waals surface area contributed by atoms with Gasteiger partial charge in [0.2, 0.25) is 0 Å². The second-order valence-corrected chi connectivity index (χ2v) is 6.35. The van der Waals surface area contributed by atoms with Crippen molar-refractivity contribution in [3.8, 4) is 0 Å². The molecule has 21 heavy (non-hydrogen) atoms. The van der Waals surface area contributed by atoms with Crippen LogP contribution in [0.25, 0.3) is 0 Å². The Hall–Kier alpha value is -2.09. The van der Waals surface area contributed by atoms with E-state index in [4.69, 9.17) is 0 Å². The first kappa shape index (κ1) is 15.3. The van der Waals surface area contributed by atoms with Crippen LogP contribution in [0.4, 0.5) is 5.69 Å². The fourth-order valence-corrected chi connectivity index (χ4v) is 2.16. The quantitative estimate of drug-likeness (QED) is 0.849. The molecule has 0 aliphatic carbocycles. The van der Waals surface area contributed by atoms with E-state index >= 15 is 0 Å². The summed E-state index contributed by atoms with van der Waals surface area (Å²) in [5.41, 5.74) is 1.86. The van der Waals surface area contributed by atoms with Crippen LogP contribution in [0, 0.1) is 5.41 Å². The zero-order chi connectivity index (χ0) is 15.3. The number of benzene rings is 2. The van der Waals surface area contributed by atoms with Crippen molar-refractivity contribution in [1.82, 2.24) is 0 Å². The Kier molecular flexibility index (Phi) is 4.79. The fraction of sp³-hybridized carbons (Fsp3) is 0.316. The van der Waals surface area contributed by atoms with Crippen LogP contribution >= 0.6 is 0 Å². The van der Waals surface area contributed by atoms with Gasteiger partial charge in [-0.25, -0.2) is 0 Å². The van der Waals surface area contributed by atoms with E-state index in [1.165, 1.54) is 0 Å². The summed E-state index contributed by atoms with van der Waals surface area (Å²) in [5, 5.41) is 3.48. The Morgan fingerprint density at radius 3 is 2.00 bits per heavy atom. The highest BCUT2D eigenvalue weighted by Crippen LogP contribution is 2.27. The minimum Gasteiger partial charge on any atom is -0.378 e. The third-order valence-corrected chi connectivity index (χ3v) is 3.54. The molecule has 0 spiro atoms. The molecule has 0 bridgehead atoms. The van der Waals surface area contributed by atoms with Crippen LogP contribution < -0.4 is 5.32 Å². The maximum Gasteiger partial charge on any atom is 0.140 e. The predicted octanol–water partition coefficient (Wildman–Crippen LogP) is 4.85. The van der Waals surface area contributed by atoms with Gasteiger partial charge in [-0.05, 0) is 17.7 Å². The largest absolute Gasteiger partial charge is 0.378 e. The summed E-state index contributed by atoms with van der Waals surface area (Å²) in [6.07, 6.45) is 0.488. The molecule has 0 aliphatic heterocycles. The van der Waals surface area contributed by atoms with Crippen LogP contribution in [0.2, 0.25) is 0 Å². The molecule has 0 fully saturated rings. The first-order valence-electron chi connectivity index (χ1n) is 7.36. The van der Waals surface area contributed by atoms with Gasteiger partial charge in [0.25, 0.3) is 0 Å². The molecule has 2 rings (SSSR count). The molecule has 0 saturated heterocycles. The number of anilines is 1. The van der Waals surface area contributed by atoms with Crippen molar-refractivity contribution in [3.63, 3.8) is 0 Å². The normalized spacial score (nSPS) is 12.7. The van der Waals surface area contributed by atoms with Crippen LogP contribution in [0.1, 0.15) is 38.8 Å². The van der Waals surface area contributed by atoms with Crippen LogP contribution in [0.15, 0.2) is 60.7 Å². The minimum atomic E-state index is -0.314.